The standard InChI is InChI=1S/C22H27NO8S/c1-7-13-12(3)32-20(17(13)22(26)30-8-2)23-16(24)11-31-21(25)14-9-10-15(27-4)19(29-6)18(14)28-5/h9-10H,7-8,11H2,1-6H3,(H,23,24). The highest BCUT2D eigenvalue weighted by Gasteiger charge is 2.25. The van der Waals surface area contributed by atoms with E-state index in [1.807, 2.05) is 13.8 Å². The van der Waals surface area contributed by atoms with Crippen LogP contribution in [0.5, 0.6) is 17.2 Å². The molecule has 1 aromatic heterocycles. The fourth-order valence-electron chi connectivity index (χ4n) is 3.15. The fraction of sp³-hybridized carbons (Fsp3) is 0.409. The molecular formula is C22H27NO8S. The van der Waals surface area contributed by atoms with Crippen molar-refractivity contribution < 1.29 is 38.1 Å². The molecule has 1 heterocycles. The molecule has 0 unspecified atom stereocenters. The Bertz CT molecular complexity index is 998. The first-order chi connectivity index (χ1) is 15.3. The lowest BCUT2D eigenvalue weighted by atomic mass is 10.1. The number of aryl methyl sites for hydroxylation is 1. The van der Waals surface area contributed by atoms with E-state index < -0.39 is 24.5 Å². The highest BCUT2D eigenvalue weighted by Crippen LogP contribution is 2.40. The highest BCUT2D eigenvalue weighted by atomic mass is 32.1. The molecule has 0 aliphatic rings. The minimum Gasteiger partial charge on any atom is -0.493 e. The molecule has 0 saturated carbocycles. The number of benzene rings is 1. The number of carbonyl (C=O) groups is 3. The Hall–Kier alpha value is -3.27. The largest absolute Gasteiger partial charge is 0.493 e. The first-order valence-corrected chi connectivity index (χ1v) is 10.7. The van der Waals surface area contributed by atoms with Gasteiger partial charge in [0.25, 0.3) is 5.91 Å². The summed E-state index contributed by atoms with van der Waals surface area (Å²) in [6.07, 6.45) is 0.612. The Kier molecular flexibility index (Phi) is 8.89. The monoisotopic (exact) mass is 465 g/mol. The quantitative estimate of drug-likeness (QED) is 0.530. The molecule has 0 aliphatic carbocycles. The lowest BCUT2D eigenvalue weighted by Gasteiger charge is -2.15. The summed E-state index contributed by atoms with van der Waals surface area (Å²) >= 11 is 1.27. The Balaban J connectivity index is 2.16. The molecule has 1 aromatic carbocycles. The minimum atomic E-state index is -0.778. The third kappa shape index (κ3) is 5.31. The Labute approximate surface area is 190 Å². The molecule has 1 amide bonds. The van der Waals surface area contributed by atoms with E-state index in [9.17, 15) is 14.4 Å². The lowest BCUT2D eigenvalue weighted by molar-refractivity contribution is -0.119. The van der Waals surface area contributed by atoms with E-state index in [0.717, 1.165) is 10.4 Å². The van der Waals surface area contributed by atoms with Crippen LogP contribution >= 0.6 is 11.3 Å². The van der Waals surface area contributed by atoms with Gasteiger partial charge in [0.1, 0.15) is 10.6 Å². The van der Waals surface area contributed by atoms with Crippen molar-refractivity contribution in [3.8, 4) is 17.2 Å². The van der Waals surface area contributed by atoms with Gasteiger partial charge in [0.15, 0.2) is 18.1 Å². The molecule has 9 nitrogen and oxygen atoms in total. The van der Waals surface area contributed by atoms with Gasteiger partial charge in [-0.25, -0.2) is 9.59 Å². The summed E-state index contributed by atoms with van der Waals surface area (Å²) in [5.74, 6) is -1.13. The van der Waals surface area contributed by atoms with Gasteiger partial charge >= 0.3 is 11.9 Å². The number of thiophene rings is 1. The van der Waals surface area contributed by atoms with Crippen molar-refractivity contribution in [1.29, 1.82) is 0 Å². The second-order valence-electron chi connectivity index (χ2n) is 6.42. The van der Waals surface area contributed by atoms with Gasteiger partial charge in [-0.15, -0.1) is 11.3 Å². The van der Waals surface area contributed by atoms with Crippen LogP contribution in [-0.2, 0) is 20.7 Å². The van der Waals surface area contributed by atoms with Gasteiger partial charge in [-0.1, -0.05) is 6.92 Å². The van der Waals surface area contributed by atoms with E-state index in [1.54, 1.807) is 6.92 Å². The fourth-order valence-corrected chi connectivity index (χ4v) is 4.29. The molecule has 0 fully saturated rings. The molecule has 2 aromatic rings. The molecular weight excluding hydrogens is 438 g/mol. The number of hydrogen-bond donors (Lipinski definition) is 1. The summed E-state index contributed by atoms with van der Waals surface area (Å²) in [4.78, 5) is 38.3. The molecule has 32 heavy (non-hydrogen) atoms. The van der Waals surface area contributed by atoms with Crippen LogP contribution in [0.15, 0.2) is 12.1 Å². The van der Waals surface area contributed by atoms with E-state index in [4.69, 9.17) is 23.7 Å². The Morgan fingerprint density at radius 1 is 0.938 bits per heavy atom. The zero-order valence-electron chi connectivity index (χ0n) is 19.0. The van der Waals surface area contributed by atoms with Crippen molar-refractivity contribution in [2.45, 2.75) is 27.2 Å². The SMILES string of the molecule is CCOC(=O)c1c(NC(=O)COC(=O)c2ccc(OC)c(OC)c2OC)sc(C)c1CC. The second-order valence-corrected chi connectivity index (χ2v) is 7.65. The van der Waals surface area contributed by atoms with Crippen LogP contribution in [0.3, 0.4) is 0 Å². The van der Waals surface area contributed by atoms with Gasteiger partial charge in [0.2, 0.25) is 5.75 Å². The van der Waals surface area contributed by atoms with Gasteiger partial charge in [0, 0.05) is 4.88 Å². The molecule has 1 N–H and O–H groups in total. The van der Waals surface area contributed by atoms with E-state index in [1.165, 1.54) is 44.8 Å². The minimum absolute atomic E-state index is 0.0744. The van der Waals surface area contributed by atoms with Gasteiger partial charge in [-0.2, -0.15) is 0 Å². The molecule has 0 radical (unpaired) electrons. The summed E-state index contributed by atoms with van der Waals surface area (Å²) in [7, 11) is 4.25. The van der Waals surface area contributed by atoms with Crippen molar-refractivity contribution in [2.24, 2.45) is 0 Å². The number of methoxy groups -OCH3 is 3. The van der Waals surface area contributed by atoms with Crippen LogP contribution in [0.4, 0.5) is 5.00 Å². The zero-order chi connectivity index (χ0) is 23.8. The molecule has 10 heteroatoms. The maximum atomic E-state index is 12.6. The average molecular weight is 466 g/mol. The summed E-state index contributed by atoms with van der Waals surface area (Å²) < 4.78 is 26.0. The van der Waals surface area contributed by atoms with Crippen molar-refractivity contribution in [3.63, 3.8) is 0 Å². The molecule has 0 saturated heterocycles. The van der Waals surface area contributed by atoms with E-state index >= 15 is 0 Å². The van der Waals surface area contributed by atoms with Crippen molar-refractivity contribution in [3.05, 3.63) is 33.7 Å². The molecule has 0 spiro atoms. The van der Waals surface area contributed by atoms with Gasteiger partial charge in [0.05, 0.1) is 33.5 Å². The number of carbonyl (C=O) groups excluding carboxylic acids is 3. The van der Waals surface area contributed by atoms with Crippen LogP contribution in [0.1, 0.15) is 45.0 Å². The predicted molar refractivity (Wildman–Crippen MR) is 119 cm³/mol. The van der Waals surface area contributed by atoms with Crippen LogP contribution in [-0.4, -0.2) is 52.4 Å². The maximum absolute atomic E-state index is 12.6. The van der Waals surface area contributed by atoms with Gasteiger partial charge < -0.3 is 29.0 Å². The third-order valence-electron chi connectivity index (χ3n) is 4.55. The zero-order valence-corrected chi connectivity index (χ0v) is 19.8. The number of esters is 2. The number of anilines is 1. The van der Waals surface area contributed by atoms with Crippen LogP contribution in [0, 0.1) is 6.92 Å². The van der Waals surface area contributed by atoms with Crippen molar-refractivity contribution >= 4 is 34.2 Å². The molecule has 2 rings (SSSR count). The first-order valence-electron chi connectivity index (χ1n) is 9.88. The van der Waals surface area contributed by atoms with E-state index in [0.29, 0.717) is 22.7 Å². The smallest absolute Gasteiger partial charge is 0.342 e. The molecule has 0 atom stereocenters. The summed E-state index contributed by atoms with van der Waals surface area (Å²) in [5, 5.41) is 3.01. The van der Waals surface area contributed by atoms with Crippen LogP contribution in [0.2, 0.25) is 0 Å². The Morgan fingerprint density at radius 2 is 1.62 bits per heavy atom. The maximum Gasteiger partial charge on any atom is 0.342 e. The summed E-state index contributed by atoms with van der Waals surface area (Å²) in [5.41, 5.74) is 1.22. The number of hydrogen-bond acceptors (Lipinski definition) is 9. The van der Waals surface area contributed by atoms with Crippen LogP contribution in [0.25, 0.3) is 0 Å². The lowest BCUT2D eigenvalue weighted by Crippen LogP contribution is -2.22. The number of amides is 1. The van der Waals surface area contributed by atoms with E-state index in [-0.39, 0.29) is 23.7 Å². The molecule has 0 aliphatic heterocycles. The Morgan fingerprint density at radius 3 is 2.19 bits per heavy atom. The summed E-state index contributed by atoms with van der Waals surface area (Å²) in [6.45, 7) is 5.15. The highest BCUT2D eigenvalue weighted by molar-refractivity contribution is 7.16. The third-order valence-corrected chi connectivity index (χ3v) is 5.62. The first kappa shape index (κ1) is 25.0. The van der Waals surface area contributed by atoms with Crippen molar-refractivity contribution in [1.82, 2.24) is 0 Å². The second kappa shape index (κ2) is 11.4. The predicted octanol–water partition coefficient (Wildman–Crippen LogP) is 3.62. The van der Waals surface area contributed by atoms with Crippen LogP contribution < -0.4 is 19.5 Å². The van der Waals surface area contributed by atoms with E-state index in [2.05, 4.69) is 5.32 Å². The average Bonchev–Trinajstić information content (AvgIpc) is 3.10. The number of nitrogens with one attached hydrogen (secondary N) is 1. The van der Waals surface area contributed by atoms with Gasteiger partial charge in [-0.3, -0.25) is 4.79 Å². The topological polar surface area (TPSA) is 109 Å². The summed E-state index contributed by atoms with van der Waals surface area (Å²) in [6, 6.07) is 2.99. The normalized spacial score (nSPS) is 10.3. The van der Waals surface area contributed by atoms with Crippen molar-refractivity contribution in [2.75, 3.05) is 39.9 Å². The van der Waals surface area contributed by atoms with Gasteiger partial charge in [-0.05, 0) is 38.0 Å². The number of ether oxygens (including phenoxy) is 5. The number of rotatable bonds is 10. The molecule has 0 bridgehead atoms. The molecule has 174 valence electrons.